The van der Waals surface area contributed by atoms with Crippen molar-refractivity contribution in [2.75, 3.05) is 18.0 Å². The van der Waals surface area contributed by atoms with Crippen LogP contribution in [-0.2, 0) is 6.18 Å². The molecule has 1 aromatic carbocycles. The number of aromatic amines is 1. The summed E-state index contributed by atoms with van der Waals surface area (Å²) in [5, 5.41) is 1.12. The van der Waals surface area contributed by atoms with Crippen LogP contribution in [0.3, 0.4) is 0 Å². The van der Waals surface area contributed by atoms with Gasteiger partial charge in [0.25, 0.3) is 0 Å². The maximum atomic E-state index is 12.6. The van der Waals surface area contributed by atoms with E-state index in [0.29, 0.717) is 0 Å². The molecule has 0 atom stereocenters. The van der Waals surface area contributed by atoms with Crippen LogP contribution in [0.25, 0.3) is 17.1 Å². The third-order valence-electron chi connectivity index (χ3n) is 5.01. The van der Waals surface area contributed by atoms with E-state index < -0.39 is 11.7 Å². The first kappa shape index (κ1) is 18.3. The number of hydrogen-bond donors (Lipinski definition) is 1. The van der Waals surface area contributed by atoms with E-state index in [0.717, 1.165) is 53.9 Å². The second-order valence-electron chi connectivity index (χ2n) is 6.93. The van der Waals surface area contributed by atoms with Gasteiger partial charge in [0.2, 0.25) is 0 Å². The van der Waals surface area contributed by atoms with Gasteiger partial charge in [0.05, 0.1) is 11.3 Å². The van der Waals surface area contributed by atoms with E-state index in [-0.39, 0.29) is 0 Å². The average Bonchev–Trinajstić information content (AvgIpc) is 3.02. The minimum Gasteiger partial charge on any atom is -0.365 e. The first-order chi connectivity index (χ1) is 13.4. The van der Waals surface area contributed by atoms with Crippen molar-refractivity contribution in [2.24, 2.45) is 0 Å². The van der Waals surface area contributed by atoms with E-state index in [4.69, 9.17) is 0 Å². The van der Waals surface area contributed by atoms with Crippen molar-refractivity contribution in [3.63, 3.8) is 0 Å². The predicted molar refractivity (Wildman–Crippen MR) is 106 cm³/mol. The molecular weight excluding hydrogens is 363 g/mol. The van der Waals surface area contributed by atoms with Gasteiger partial charge in [-0.1, -0.05) is 30.4 Å². The predicted octanol–water partition coefficient (Wildman–Crippen LogP) is 5.74. The quantitative estimate of drug-likeness (QED) is 0.625. The Morgan fingerprint density at radius 1 is 1.11 bits per heavy atom. The minimum atomic E-state index is -4.30. The largest absolute Gasteiger partial charge is 0.416 e. The zero-order valence-corrected chi connectivity index (χ0v) is 15.4. The van der Waals surface area contributed by atoms with Crippen LogP contribution in [0.15, 0.2) is 60.3 Å². The summed E-state index contributed by atoms with van der Waals surface area (Å²) in [6.45, 7) is 3.72. The normalized spacial score (nSPS) is 15.4. The fraction of sp³-hybridized carbons (Fsp3) is 0.227. The molecule has 3 heterocycles. The van der Waals surface area contributed by atoms with Crippen molar-refractivity contribution in [2.45, 2.75) is 19.5 Å². The van der Waals surface area contributed by atoms with E-state index in [2.05, 4.69) is 33.9 Å². The number of nitrogens with zero attached hydrogens (tertiary/aromatic N) is 2. The molecule has 1 aliphatic rings. The number of benzene rings is 1. The number of H-pyrrole nitrogens is 1. The smallest absolute Gasteiger partial charge is 0.365 e. The van der Waals surface area contributed by atoms with E-state index >= 15 is 0 Å². The lowest BCUT2D eigenvalue weighted by atomic mass is 10.0. The zero-order valence-electron chi connectivity index (χ0n) is 15.4. The zero-order chi connectivity index (χ0) is 19.7. The third-order valence-corrected chi connectivity index (χ3v) is 5.01. The number of aromatic nitrogens is 2. The Balaban J connectivity index is 1.47. The van der Waals surface area contributed by atoms with Gasteiger partial charge in [-0.3, -0.25) is 0 Å². The molecule has 3 aromatic rings. The van der Waals surface area contributed by atoms with E-state index in [1.54, 1.807) is 6.20 Å². The van der Waals surface area contributed by atoms with E-state index in [1.807, 2.05) is 18.2 Å². The number of anilines is 1. The molecule has 6 heteroatoms. The Labute approximate surface area is 161 Å². The summed E-state index contributed by atoms with van der Waals surface area (Å²) in [4.78, 5) is 10.0. The molecule has 144 valence electrons. The molecule has 0 aliphatic carbocycles. The molecule has 2 aromatic heterocycles. The lowest BCUT2D eigenvalue weighted by Gasteiger charge is -2.28. The fourth-order valence-corrected chi connectivity index (χ4v) is 3.57. The topological polar surface area (TPSA) is 31.9 Å². The highest BCUT2D eigenvalue weighted by Gasteiger charge is 2.29. The summed E-state index contributed by atoms with van der Waals surface area (Å²) in [6.07, 6.45) is 4.38. The molecule has 0 saturated carbocycles. The van der Waals surface area contributed by atoms with Gasteiger partial charge < -0.3 is 9.88 Å². The Bertz CT molecular complexity index is 1040. The number of pyridine rings is 1. The van der Waals surface area contributed by atoms with Crippen LogP contribution >= 0.6 is 0 Å². The standard InChI is InChI=1S/C22H20F3N3/c1-15-20(19-3-2-12-26-21(19)27-15)28-13-10-17(11-14-28)5-4-16-6-8-18(9-7-16)22(23,24)25/h2-10,12H,11,13-14H2,1H3,(H,26,27)/b5-4+. The lowest BCUT2D eigenvalue weighted by Crippen LogP contribution is -2.28. The van der Waals surface area contributed by atoms with Crippen LogP contribution in [0.1, 0.15) is 23.2 Å². The van der Waals surface area contributed by atoms with Gasteiger partial charge in [0.1, 0.15) is 5.65 Å². The van der Waals surface area contributed by atoms with Crippen LogP contribution in [0, 0.1) is 6.92 Å². The highest BCUT2D eigenvalue weighted by molar-refractivity contribution is 5.92. The van der Waals surface area contributed by atoms with Crippen molar-refractivity contribution < 1.29 is 13.2 Å². The molecule has 4 rings (SSSR count). The second-order valence-corrected chi connectivity index (χ2v) is 6.93. The summed E-state index contributed by atoms with van der Waals surface area (Å²) in [7, 11) is 0. The molecule has 0 saturated heterocycles. The van der Waals surface area contributed by atoms with Crippen LogP contribution in [0.5, 0.6) is 0 Å². The summed E-state index contributed by atoms with van der Waals surface area (Å²) >= 11 is 0. The van der Waals surface area contributed by atoms with Gasteiger partial charge in [-0.05, 0) is 48.7 Å². The number of halogens is 3. The molecule has 0 bridgehead atoms. The minimum absolute atomic E-state index is 0.624. The summed E-state index contributed by atoms with van der Waals surface area (Å²) in [6, 6.07) is 9.24. The van der Waals surface area contributed by atoms with Crippen molar-refractivity contribution in [3.8, 4) is 0 Å². The van der Waals surface area contributed by atoms with Crippen LogP contribution < -0.4 is 4.90 Å². The SMILES string of the molecule is Cc1[nH]c2ncccc2c1N1CC=C(/C=C/c2ccc(C(F)(F)F)cc2)CC1. The Morgan fingerprint density at radius 3 is 2.57 bits per heavy atom. The van der Waals surface area contributed by atoms with Crippen molar-refractivity contribution in [3.05, 3.63) is 77.1 Å². The molecular formula is C22H20F3N3. The molecule has 0 unspecified atom stereocenters. The summed E-state index contributed by atoms with van der Waals surface area (Å²) in [5.41, 5.74) is 4.50. The van der Waals surface area contributed by atoms with Gasteiger partial charge in [0, 0.05) is 30.4 Å². The van der Waals surface area contributed by atoms with Crippen LogP contribution in [0.2, 0.25) is 0 Å². The number of alkyl halides is 3. The summed E-state index contributed by atoms with van der Waals surface area (Å²) in [5.74, 6) is 0. The molecule has 0 radical (unpaired) electrons. The van der Waals surface area contributed by atoms with E-state index in [1.165, 1.54) is 23.4 Å². The van der Waals surface area contributed by atoms with Gasteiger partial charge in [0.15, 0.2) is 0 Å². The van der Waals surface area contributed by atoms with E-state index in [9.17, 15) is 13.2 Å². The Morgan fingerprint density at radius 2 is 1.89 bits per heavy atom. The number of nitrogens with one attached hydrogen (secondary N) is 1. The van der Waals surface area contributed by atoms with Crippen LogP contribution in [-0.4, -0.2) is 23.1 Å². The number of allylic oxidation sites excluding steroid dienone is 1. The van der Waals surface area contributed by atoms with Gasteiger partial charge in [-0.15, -0.1) is 0 Å². The number of aryl methyl sites for hydroxylation is 1. The molecule has 3 nitrogen and oxygen atoms in total. The number of hydrogen-bond acceptors (Lipinski definition) is 2. The molecule has 1 N–H and O–H groups in total. The molecule has 28 heavy (non-hydrogen) atoms. The van der Waals surface area contributed by atoms with Crippen molar-refractivity contribution in [1.82, 2.24) is 9.97 Å². The molecule has 0 fully saturated rings. The average molecular weight is 383 g/mol. The third kappa shape index (κ3) is 3.67. The summed E-state index contributed by atoms with van der Waals surface area (Å²) < 4.78 is 37.9. The maximum Gasteiger partial charge on any atom is 0.416 e. The van der Waals surface area contributed by atoms with Crippen LogP contribution in [0.4, 0.5) is 18.9 Å². The number of fused-ring (bicyclic) bond motifs is 1. The highest BCUT2D eigenvalue weighted by atomic mass is 19.4. The first-order valence-electron chi connectivity index (χ1n) is 9.14. The van der Waals surface area contributed by atoms with Crippen molar-refractivity contribution in [1.29, 1.82) is 0 Å². The lowest BCUT2D eigenvalue weighted by molar-refractivity contribution is -0.137. The van der Waals surface area contributed by atoms with Gasteiger partial charge in [-0.25, -0.2) is 4.98 Å². The molecule has 0 spiro atoms. The first-order valence-corrected chi connectivity index (χ1v) is 9.14. The second kappa shape index (κ2) is 7.19. The highest BCUT2D eigenvalue weighted by Crippen LogP contribution is 2.32. The van der Waals surface area contributed by atoms with Crippen molar-refractivity contribution >= 4 is 22.8 Å². The fourth-order valence-electron chi connectivity index (χ4n) is 3.57. The number of rotatable bonds is 3. The Hall–Kier alpha value is -3.02. The maximum absolute atomic E-state index is 12.6. The monoisotopic (exact) mass is 383 g/mol. The van der Waals surface area contributed by atoms with Gasteiger partial charge in [-0.2, -0.15) is 13.2 Å². The molecule has 0 amide bonds. The molecule has 1 aliphatic heterocycles. The Kier molecular flexibility index (Phi) is 4.71. The van der Waals surface area contributed by atoms with Gasteiger partial charge >= 0.3 is 6.18 Å².